The van der Waals surface area contributed by atoms with Gasteiger partial charge in [-0.05, 0) is 54.4 Å². The Morgan fingerprint density at radius 3 is 2.12 bits per heavy atom. The second kappa shape index (κ2) is 14.1. The molecule has 42 heavy (non-hydrogen) atoms. The standard InChI is InChI=1S/C32H31ClFN3O4S/c1-2-35-32(39)30(21-24-12-5-3-6-13-24)36(22-25-14-11-15-26(33)20-25)31(38)23-37(29-19-10-9-18-28(29)34)42(40,41)27-16-7-4-8-17-27/h3-20,30H,2,21-23H2,1H3,(H,35,39)/t30-/m1/s1. The highest BCUT2D eigenvalue weighted by Crippen LogP contribution is 2.27. The number of nitrogens with zero attached hydrogens (tertiary/aromatic N) is 2. The fourth-order valence-electron chi connectivity index (χ4n) is 4.57. The number of likely N-dealkylation sites (N-methyl/N-ethyl adjacent to an activating group) is 1. The molecule has 0 heterocycles. The Labute approximate surface area is 250 Å². The SMILES string of the molecule is CCNC(=O)[C@@H](Cc1ccccc1)N(Cc1cccc(Cl)c1)C(=O)CN(c1ccccc1F)S(=O)(=O)c1ccccc1. The van der Waals surface area contributed by atoms with E-state index in [1.807, 2.05) is 30.3 Å². The fourth-order valence-corrected chi connectivity index (χ4v) is 6.22. The van der Waals surface area contributed by atoms with Crippen LogP contribution in [0.2, 0.25) is 5.02 Å². The summed E-state index contributed by atoms with van der Waals surface area (Å²) < 4.78 is 43.5. The quantitative estimate of drug-likeness (QED) is 0.232. The zero-order valence-electron chi connectivity index (χ0n) is 23.0. The van der Waals surface area contributed by atoms with Gasteiger partial charge in [0.15, 0.2) is 0 Å². The predicted octanol–water partition coefficient (Wildman–Crippen LogP) is 5.45. The number of benzene rings is 4. The number of anilines is 1. The van der Waals surface area contributed by atoms with Gasteiger partial charge in [-0.3, -0.25) is 13.9 Å². The molecule has 4 aromatic rings. The molecular weight excluding hydrogens is 577 g/mol. The lowest BCUT2D eigenvalue weighted by molar-refractivity contribution is -0.140. The molecule has 1 atom stereocenters. The van der Waals surface area contributed by atoms with Gasteiger partial charge in [-0.25, -0.2) is 12.8 Å². The largest absolute Gasteiger partial charge is 0.355 e. The van der Waals surface area contributed by atoms with Gasteiger partial charge < -0.3 is 10.2 Å². The number of nitrogens with one attached hydrogen (secondary N) is 1. The van der Waals surface area contributed by atoms with E-state index in [1.54, 1.807) is 49.4 Å². The molecule has 10 heteroatoms. The molecule has 4 aromatic carbocycles. The molecular formula is C32H31ClFN3O4S. The molecule has 1 N–H and O–H groups in total. The molecule has 0 unspecified atom stereocenters. The highest BCUT2D eigenvalue weighted by Gasteiger charge is 2.35. The van der Waals surface area contributed by atoms with Gasteiger partial charge in [-0.1, -0.05) is 84.4 Å². The summed E-state index contributed by atoms with van der Waals surface area (Å²) in [5.74, 6) is -1.90. The number of hydrogen-bond donors (Lipinski definition) is 1. The van der Waals surface area contributed by atoms with Crippen LogP contribution in [0.1, 0.15) is 18.1 Å². The zero-order chi connectivity index (χ0) is 30.1. The zero-order valence-corrected chi connectivity index (χ0v) is 24.6. The first-order valence-electron chi connectivity index (χ1n) is 13.4. The Bertz CT molecular complexity index is 1620. The van der Waals surface area contributed by atoms with E-state index >= 15 is 4.39 Å². The fraction of sp³-hybridized carbons (Fsp3) is 0.188. The maximum atomic E-state index is 15.1. The van der Waals surface area contributed by atoms with Crippen molar-refractivity contribution in [3.05, 3.63) is 131 Å². The lowest BCUT2D eigenvalue weighted by Gasteiger charge is -2.34. The van der Waals surface area contributed by atoms with Crippen molar-refractivity contribution < 1.29 is 22.4 Å². The summed E-state index contributed by atoms with van der Waals surface area (Å²) in [5, 5.41) is 3.24. The first kappa shape index (κ1) is 30.7. The lowest BCUT2D eigenvalue weighted by Crippen LogP contribution is -2.53. The first-order chi connectivity index (χ1) is 20.2. The van der Waals surface area contributed by atoms with Gasteiger partial charge in [-0.2, -0.15) is 0 Å². The van der Waals surface area contributed by atoms with Crippen molar-refractivity contribution in [2.75, 3.05) is 17.4 Å². The third kappa shape index (κ3) is 7.54. The number of amides is 2. The average molecular weight is 608 g/mol. The third-order valence-electron chi connectivity index (χ3n) is 6.60. The van der Waals surface area contributed by atoms with Crippen LogP contribution in [0.15, 0.2) is 114 Å². The number of carbonyl (C=O) groups excluding carboxylic acids is 2. The predicted molar refractivity (Wildman–Crippen MR) is 162 cm³/mol. The minimum Gasteiger partial charge on any atom is -0.355 e. The molecule has 0 aromatic heterocycles. The van der Waals surface area contributed by atoms with Crippen molar-refractivity contribution >= 4 is 39.1 Å². The van der Waals surface area contributed by atoms with Crippen LogP contribution >= 0.6 is 11.6 Å². The maximum Gasteiger partial charge on any atom is 0.264 e. The molecule has 4 rings (SSSR count). The highest BCUT2D eigenvalue weighted by atomic mass is 35.5. The molecule has 0 saturated carbocycles. The normalized spacial score (nSPS) is 11.9. The number of sulfonamides is 1. The van der Waals surface area contributed by atoms with E-state index in [9.17, 15) is 18.0 Å². The van der Waals surface area contributed by atoms with Crippen LogP contribution in [0.5, 0.6) is 0 Å². The Balaban J connectivity index is 1.80. The Kier molecular flexibility index (Phi) is 10.3. The van der Waals surface area contributed by atoms with Gasteiger partial charge in [-0.15, -0.1) is 0 Å². The molecule has 0 aliphatic rings. The smallest absolute Gasteiger partial charge is 0.264 e. The average Bonchev–Trinajstić information content (AvgIpc) is 2.99. The van der Waals surface area contributed by atoms with Crippen molar-refractivity contribution in [2.45, 2.75) is 30.8 Å². The lowest BCUT2D eigenvalue weighted by atomic mass is 10.0. The molecule has 2 amide bonds. The summed E-state index contributed by atoms with van der Waals surface area (Å²) in [5.41, 5.74) is 1.16. The topological polar surface area (TPSA) is 86.8 Å². The molecule has 0 aliphatic heterocycles. The molecule has 7 nitrogen and oxygen atoms in total. The molecule has 0 aliphatic carbocycles. The minimum atomic E-state index is -4.38. The van der Waals surface area contributed by atoms with Crippen LogP contribution in [0, 0.1) is 5.82 Å². The monoisotopic (exact) mass is 607 g/mol. The van der Waals surface area contributed by atoms with Crippen molar-refractivity contribution in [1.29, 1.82) is 0 Å². The number of hydrogen-bond acceptors (Lipinski definition) is 4. The van der Waals surface area contributed by atoms with Gasteiger partial charge in [0, 0.05) is 24.5 Å². The number of halogens is 2. The van der Waals surface area contributed by atoms with Crippen LogP contribution < -0.4 is 9.62 Å². The van der Waals surface area contributed by atoms with Crippen molar-refractivity contribution in [2.24, 2.45) is 0 Å². The van der Waals surface area contributed by atoms with E-state index in [-0.39, 0.29) is 23.5 Å². The first-order valence-corrected chi connectivity index (χ1v) is 15.2. The maximum absolute atomic E-state index is 15.1. The summed E-state index contributed by atoms with van der Waals surface area (Å²) in [6.45, 7) is 1.31. The Hall–Kier alpha value is -4.21. The summed E-state index contributed by atoms with van der Waals surface area (Å²) in [6, 6.07) is 27.9. The highest BCUT2D eigenvalue weighted by molar-refractivity contribution is 7.92. The number of carbonyl (C=O) groups is 2. The van der Waals surface area contributed by atoms with E-state index in [2.05, 4.69) is 5.32 Å². The van der Waals surface area contributed by atoms with E-state index in [4.69, 9.17) is 11.6 Å². The Morgan fingerprint density at radius 2 is 1.48 bits per heavy atom. The molecule has 0 bridgehead atoms. The van der Waals surface area contributed by atoms with E-state index in [0.717, 1.165) is 15.9 Å². The minimum absolute atomic E-state index is 0.0372. The number of rotatable bonds is 12. The third-order valence-corrected chi connectivity index (χ3v) is 8.60. The Morgan fingerprint density at radius 1 is 0.857 bits per heavy atom. The molecule has 0 saturated heterocycles. The van der Waals surface area contributed by atoms with Crippen LogP contribution in [-0.4, -0.2) is 44.3 Å². The molecule has 0 radical (unpaired) electrons. The second-order valence-electron chi connectivity index (χ2n) is 9.53. The molecule has 0 spiro atoms. The van der Waals surface area contributed by atoms with E-state index in [1.165, 1.54) is 35.2 Å². The molecule has 0 fully saturated rings. The van der Waals surface area contributed by atoms with Crippen molar-refractivity contribution in [3.63, 3.8) is 0 Å². The van der Waals surface area contributed by atoms with Gasteiger partial charge >= 0.3 is 0 Å². The summed E-state index contributed by atoms with van der Waals surface area (Å²) in [6.07, 6.45) is 0.171. The summed E-state index contributed by atoms with van der Waals surface area (Å²) >= 11 is 6.23. The van der Waals surface area contributed by atoms with E-state index in [0.29, 0.717) is 17.1 Å². The van der Waals surface area contributed by atoms with Gasteiger partial charge in [0.05, 0.1) is 10.6 Å². The number of para-hydroxylation sites is 1. The summed E-state index contributed by atoms with van der Waals surface area (Å²) in [7, 11) is -4.38. The van der Waals surface area contributed by atoms with E-state index < -0.39 is 40.2 Å². The van der Waals surface area contributed by atoms with Crippen LogP contribution in [0.3, 0.4) is 0 Å². The van der Waals surface area contributed by atoms with Gasteiger partial charge in [0.1, 0.15) is 18.4 Å². The van der Waals surface area contributed by atoms with Gasteiger partial charge in [0.2, 0.25) is 11.8 Å². The second-order valence-corrected chi connectivity index (χ2v) is 11.8. The van der Waals surface area contributed by atoms with Crippen molar-refractivity contribution in [3.8, 4) is 0 Å². The van der Waals surface area contributed by atoms with Crippen molar-refractivity contribution in [1.82, 2.24) is 10.2 Å². The van der Waals surface area contributed by atoms with Gasteiger partial charge in [0.25, 0.3) is 10.0 Å². The van der Waals surface area contributed by atoms with Crippen LogP contribution in [0.4, 0.5) is 10.1 Å². The molecule has 218 valence electrons. The summed E-state index contributed by atoms with van der Waals surface area (Å²) in [4.78, 5) is 28.9. The van der Waals surface area contributed by atoms with Crippen LogP contribution in [0.25, 0.3) is 0 Å². The van der Waals surface area contributed by atoms with Crippen LogP contribution in [-0.2, 0) is 32.6 Å².